The van der Waals surface area contributed by atoms with E-state index in [0.717, 1.165) is 31.9 Å². The maximum Gasteiger partial charge on any atom is 0.255 e. The van der Waals surface area contributed by atoms with Crippen LogP contribution in [-0.4, -0.2) is 41.0 Å². The standard InChI is InChI=1S/C23H26N4O/c1-17-18(2)24-23(25-22(17)28)27-15-13-26(14-16-27)21(19-9-5-3-6-10-19)20-11-7-4-8-12-20/h3-12,21H,13-16H2,1-2H3,(H,24,25,28). The van der Waals surface area contributed by atoms with Gasteiger partial charge in [0.25, 0.3) is 5.56 Å². The van der Waals surface area contributed by atoms with Crippen LogP contribution in [0, 0.1) is 13.8 Å². The summed E-state index contributed by atoms with van der Waals surface area (Å²) in [6.07, 6.45) is 0. The number of nitrogens with zero attached hydrogens (tertiary/aromatic N) is 3. The van der Waals surface area contributed by atoms with Crippen LogP contribution < -0.4 is 10.5 Å². The van der Waals surface area contributed by atoms with Crippen LogP contribution in [0.2, 0.25) is 0 Å². The molecule has 2 aromatic carbocycles. The van der Waals surface area contributed by atoms with Crippen LogP contribution in [0.15, 0.2) is 65.5 Å². The van der Waals surface area contributed by atoms with E-state index in [9.17, 15) is 4.79 Å². The molecule has 1 saturated heterocycles. The topological polar surface area (TPSA) is 52.2 Å². The molecule has 3 aromatic rings. The average molecular weight is 374 g/mol. The summed E-state index contributed by atoms with van der Waals surface area (Å²) in [5, 5.41) is 0. The average Bonchev–Trinajstić information content (AvgIpc) is 2.74. The summed E-state index contributed by atoms with van der Waals surface area (Å²) in [5.74, 6) is 0.684. The van der Waals surface area contributed by atoms with Gasteiger partial charge in [0.2, 0.25) is 5.95 Å². The van der Waals surface area contributed by atoms with Crippen molar-refractivity contribution in [3.63, 3.8) is 0 Å². The molecule has 0 bridgehead atoms. The Morgan fingerprint density at radius 2 is 1.39 bits per heavy atom. The van der Waals surface area contributed by atoms with Crippen LogP contribution in [0.4, 0.5) is 5.95 Å². The normalized spacial score (nSPS) is 15.2. The summed E-state index contributed by atoms with van der Waals surface area (Å²) < 4.78 is 0. The lowest BCUT2D eigenvalue weighted by atomic mass is 9.96. The first kappa shape index (κ1) is 18.4. The molecule has 4 rings (SSSR count). The number of benzene rings is 2. The van der Waals surface area contributed by atoms with Gasteiger partial charge in [-0.3, -0.25) is 14.7 Å². The van der Waals surface area contributed by atoms with E-state index in [2.05, 4.69) is 80.4 Å². The van der Waals surface area contributed by atoms with Gasteiger partial charge in [-0.1, -0.05) is 60.7 Å². The molecule has 5 heteroatoms. The molecule has 5 nitrogen and oxygen atoms in total. The number of aryl methyl sites for hydroxylation is 1. The first-order valence-electron chi connectivity index (χ1n) is 9.80. The number of hydrogen-bond acceptors (Lipinski definition) is 4. The number of aromatic nitrogens is 2. The Kier molecular flexibility index (Phi) is 5.26. The second kappa shape index (κ2) is 7.98. The van der Waals surface area contributed by atoms with Crippen molar-refractivity contribution in [1.82, 2.24) is 14.9 Å². The van der Waals surface area contributed by atoms with Gasteiger partial charge in [-0.15, -0.1) is 0 Å². The quantitative estimate of drug-likeness (QED) is 0.761. The van der Waals surface area contributed by atoms with Crippen molar-refractivity contribution in [2.24, 2.45) is 0 Å². The van der Waals surface area contributed by atoms with Crippen molar-refractivity contribution in [1.29, 1.82) is 0 Å². The largest absolute Gasteiger partial charge is 0.340 e. The summed E-state index contributed by atoms with van der Waals surface area (Å²) in [7, 11) is 0. The second-order valence-corrected chi connectivity index (χ2v) is 7.35. The fourth-order valence-electron chi connectivity index (χ4n) is 3.86. The van der Waals surface area contributed by atoms with Gasteiger partial charge >= 0.3 is 0 Å². The Hall–Kier alpha value is -2.92. The fraction of sp³-hybridized carbons (Fsp3) is 0.304. The van der Waals surface area contributed by atoms with Gasteiger partial charge in [0, 0.05) is 37.4 Å². The molecule has 0 amide bonds. The maximum atomic E-state index is 12.1. The van der Waals surface area contributed by atoms with Gasteiger partial charge in [-0.2, -0.15) is 0 Å². The van der Waals surface area contributed by atoms with Crippen molar-refractivity contribution < 1.29 is 0 Å². The summed E-state index contributed by atoms with van der Waals surface area (Å²) in [4.78, 5) is 24.3. The van der Waals surface area contributed by atoms with Crippen molar-refractivity contribution in [3.05, 3.63) is 93.4 Å². The molecule has 0 radical (unpaired) electrons. The first-order chi connectivity index (χ1) is 13.6. The highest BCUT2D eigenvalue weighted by atomic mass is 16.1. The van der Waals surface area contributed by atoms with Crippen LogP contribution in [0.5, 0.6) is 0 Å². The third-order valence-electron chi connectivity index (χ3n) is 5.59. The van der Waals surface area contributed by atoms with Gasteiger partial charge in [-0.25, -0.2) is 4.98 Å². The fourth-order valence-corrected chi connectivity index (χ4v) is 3.86. The third kappa shape index (κ3) is 3.71. The number of hydrogen-bond donors (Lipinski definition) is 1. The molecule has 1 fully saturated rings. The third-order valence-corrected chi connectivity index (χ3v) is 5.59. The molecule has 144 valence electrons. The minimum atomic E-state index is -0.0450. The predicted octanol–water partition coefficient (Wildman–Crippen LogP) is 3.30. The Bertz CT molecular complexity index is 937. The minimum Gasteiger partial charge on any atom is -0.340 e. The zero-order chi connectivity index (χ0) is 19.5. The molecule has 0 aliphatic carbocycles. The molecule has 0 spiro atoms. The van der Waals surface area contributed by atoms with Crippen LogP contribution in [0.1, 0.15) is 28.4 Å². The molecule has 28 heavy (non-hydrogen) atoms. The summed E-state index contributed by atoms with van der Waals surface area (Å²) in [6, 6.07) is 21.6. The van der Waals surface area contributed by atoms with E-state index >= 15 is 0 Å². The molecule has 0 atom stereocenters. The minimum absolute atomic E-state index is 0.0450. The summed E-state index contributed by atoms with van der Waals surface area (Å²) >= 11 is 0. The van der Waals surface area contributed by atoms with Crippen molar-refractivity contribution in [2.75, 3.05) is 31.1 Å². The van der Waals surface area contributed by atoms with Crippen molar-refractivity contribution in [2.45, 2.75) is 19.9 Å². The lowest BCUT2D eigenvalue weighted by molar-refractivity contribution is 0.211. The highest BCUT2D eigenvalue weighted by Gasteiger charge is 2.27. The first-order valence-corrected chi connectivity index (χ1v) is 9.80. The van der Waals surface area contributed by atoms with Gasteiger partial charge in [-0.05, 0) is 25.0 Å². The maximum absolute atomic E-state index is 12.1. The predicted molar refractivity (Wildman–Crippen MR) is 113 cm³/mol. The smallest absolute Gasteiger partial charge is 0.255 e. The number of H-pyrrole nitrogens is 1. The number of nitrogens with one attached hydrogen (secondary N) is 1. The zero-order valence-electron chi connectivity index (χ0n) is 16.4. The summed E-state index contributed by atoms with van der Waals surface area (Å²) in [6.45, 7) is 7.19. The number of aromatic amines is 1. The van der Waals surface area contributed by atoms with E-state index in [0.29, 0.717) is 11.5 Å². The Morgan fingerprint density at radius 1 is 0.857 bits per heavy atom. The molecule has 1 aliphatic rings. The number of anilines is 1. The molecule has 1 aliphatic heterocycles. The SMILES string of the molecule is Cc1nc(N2CCN(C(c3ccccc3)c3ccccc3)CC2)[nH]c(=O)c1C. The van der Waals surface area contributed by atoms with E-state index in [1.807, 2.05) is 13.8 Å². The van der Waals surface area contributed by atoms with E-state index in [4.69, 9.17) is 0 Å². The van der Waals surface area contributed by atoms with Crippen LogP contribution in [-0.2, 0) is 0 Å². The molecular formula is C23H26N4O. The van der Waals surface area contributed by atoms with Gasteiger partial charge in [0.05, 0.1) is 6.04 Å². The number of piperazine rings is 1. The highest BCUT2D eigenvalue weighted by Crippen LogP contribution is 2.29. The van der Waals surface area contributed by atoms with Crippen molar-refractivity contribution in [3.8, 4) is 0 Å². The highest BCUT2D eigenvalue weighted by molar-refractivity contribution is 5.35. The molecule has 2 heterocycles. The van der Waals surface area contributed by atoms with Gasteiger partial charge < -0.3 is 4.90 Å². The molecule has 0 unspecified atom stereocenters. The lowest BCUT2D eigenvalue weighted by Gasteiger charge is -2.40. The Labute approximate surface area is 165 Å². The Morgan fingerprint density at radius 3 is 1.89 bits per heavy atom. The summed E-state index contributed by atoms with van der Waals surface area (Å²) in [5.41, 5.74) is 4.05. The van der Waals surface area contributed by atoms with E-state index in [1.54, 1.807) is 0 Å². The van der Waals surface area contributed by atoms with E-state index in [1.165, 1.54) is 11.1 Å². The molecule has 1 N–H and O–H groups in total. The van der Waals surface area contributed by atoms with Gasteiger partial charge in [0.15, 0.2) is 0 Å². The van der Waals surface area contributed by atoms with Crippen LogP contribution in [0.3, 0.4) is 0 Å². The van der Waals surface area contributed by atoms with E-state index < -0.39 is 0 Å². The van der Waals surface area contributed by atoms with Crippen LogP contribution >= 0.6 is 0 Å². The Balaban J connectivity index is 1.56. The van der Waals surface area contributed by atoms with Gasteiger partial charge in [0.1, 0.15) is 0 Å². The zero-order valence-corrected chi connectivity index (χ0v) is 16.4. The van der Waals surface area contributed by atoms with Crippen molar-refractivity contribution >= 4 is 5.95 Å². The second-order valence-electron chi connectivity index (χ2n) is 7.35. The lowest BCUT2D eigenvalue weighted by Crippen LogP contribution is -2.48. The molecular weight excluding hydrogens is 348 g/mol. The van der Waals surface area contributed by atoms with Crippen LogP contribution in [0.25, 0.3) is 0 Å². The van der Waals surface area contributed by atoms with E-state index in [-0.39, 0.29) is 11.6 Å². The molecule has 1 aromatic heterocycles. The molecule has 0 saturated carbocycles. The number of rotatable bonds is 4. The monoisotopic (exact) mass is 374 g/mol.